The molecule has 0 radical (unpaired) electrons. The summed E-state index contributed by atoms with van der Waals surface area (Å²) in [6.07, 6.45) is 6.06. The second-order valence-corrected chi connectivity index (χ2v) is 10.6. The summed E-state index contributed by atoms with van der Waals surface area (Å²) in [7, 11) is 0. The first-order valence-electron chi connectivity index (χ1n) is 15.4. The molecule has 2 fully saturated rings. The van der Waals surface area contributed by atoms with Crippen LogP contribution in [0, 0.1) is 0 Å². The Morgan fingerprint density at radius 1 is 0.809 bits per heavy atom. The minimum atomic E-state index is -0.277. The van der Waals surface area contributed by atoms with Crippen molar-refractivity contribution in [1.29, 1.82) is 0 Å². The van der Waals surface area contributed by atoms with Crippen molar-refractivity contribution in [3.8, 4) is 6.01 Å². The number of aromatic amines is 1. The number of aromatic nitrogens is 6. The molecule has 47 heavy (non-hydrogen) atoms. The number of ether oxygens (including phenoxy) is 3. The van der Waals surface area contributed by atoms with Crippen LogP contribution in [0.15, 0.2) is 41.5 Å². The van der Waals surface area contributed by atoms with Crippen molar-refractivity contribution in [2.24, 2.45) is 0 Å². The van der Waals surface area contributed by atoms with Crippen molar-refractivity contribution in [3.63, 3.8) is 0 Å². The van der Waals surface area contributed by atoms with Crippen LogP contribution in [0.2, 0.25) is 0 Å². The van der Waals surface area contributed by atoms with Gasteiger partial charge in [0, 0.05) is 59.8 Å². The van der Waals surface area contributed by atoms with E-state index in [9.17, 15) is 14.4 Å². The smallest absolute Gasteiger partial charge is 0.409 e. The van der Waals surface area contributed by atoms with Crippen LogP contribution in [0.25, 0.3) is 22.3 Å². The van der Waals surface area contributed by atoms with Gasteiger partial charge in [-0.05, 0) is 70.7 Å². The summed E-state index contributed by atoms with van der Waals surface area (Å²) in [6, 6.07) is 8.35. The molecule has 2 saturated heterocycles. The molecule has 4 aromatic heterocycles. The number of hydrogen-bond acceptors (Lipinski definition) is 9. The SMILES string of the molecule is CCOC(=O)N1CCC(n2c(=O)[nH]c3cccnc32)CC1.CCOC(=O)N1CCC(n2c(OCC)nc3cccnc32)CC1.F.FF. The third kappa shape index (κ3) is 8.51. The fourth-order valence-electron chi connectivity index (χ4n) is 5.81. The van der Waals surface area contributed by atoms with Crippen LogP contribution in [0.3, 0.4) is 0 Å². The molecular formula is C30H41F3N8O6. The number of pyridine rings is 2. The van der Waals surface area contributed by atoms with E-state index in [0.29, 0.717) is 57.7 Å². The molecule has 2 aliphatic rings. The molecule has 258 valence electrons. The van der Waals surface area contributed by atoms with Gasteiger partial charge in [0.25, 0.3) is 6.01 Å². The number of carbonyl (C=O) groups excluding carboxylic acids is 2. The lowest BCUT2D eigenvalue weighted by atomic mass is 10.1. The molecule has 2 amide bonds. The van der Waals surface area contributed by atoms with Crippen LogP contribution in [-0.4, -0.2) is 97.1 Å². The molecule has 0 aromatic carbocycles. The number of imidazole rings is 2. The van der Waals surface area contributed by atoms with E-state index in [4.69, 9.17) is 23.4 Å². The Balaban J connectivity index is 0.000000239. The molecule has 0 unspecified atom stereocenters. The highest BCUT2D eigenvalue weighted by atomic mass is 20.0. The molecule has 14 nitrogen and oxygen atoms in total. The van der Waals surface area contributed by atoms with Crippen molar-refractivity contribution in [1.82, 2.24) is 38.9 Å². The summed E-state index contributed by atoms with van der Waals surface area (Å²) in [5.41, 5.74) is 2.96. The standard InChI is InChI=1S/C16H22N4O3.C14H18N4O3.F2.FH/c1-3-22-15-18-13-6-5-9-17-14(13)20(15)12-7-10-19(11-8-12)16(21)23-4-2;1-2-21-14(20)17-8-5-10(6-9-17)18-12-11(16-13(18)19)4-3-7-15-12;1-2;/h5-6,9,12H,3-4,7-8,10-11H2,1-2H3;3-4,7,10H,2,5-6,8-9H2,1H3,(H,16,19);;1H. The van der Waals surface area contributed by atoms with E-state index in [1.165, 1.54) is 0 Å². The number of piperidine rings is 2. The third-order valence-corrected chi connectivity index (χ3v) is 7.88. The first-order chi connectivity index (χ1) is 22.4. The predicted molar refractivity (Wildman–Crippen MR) is 168 cm³/mol. The van der Waals surface area contributed by atoms with Gasteiger partial charge >= 0.3 is 17.9 Å². The third-order valence-electron chi connectivity index (χ3n) is 7.88. The van der Waals surface area contributed by atoms with Crippen LogP contribution in [0.1, 0.15) is 58.5 Å². The fraction of sp³-hybridized carbons (Fsp3) is 0.533. The molecule has 0 bridgehead atoms. The Morgan fingerprint density at radius 2 is 1.32 bits per heavy atom. The Labute approximate surface area is 268 Å². The first-order valence-corrected chi connectivity index (χ1v) is 15.4. The van der Waals surface area contributed by atoms with Crippen molar-refractivity contribution >= 4 is 34.5 Å². The molecule has 1 N–H and O–H groups in total. The highest BCUT2D eigenvalue weighted by Crippen LogP contribution is 2.31. The van der Waals surface area contributed by atoms with Crippen molar-refractivity contribution < 1.29 is 37.7 Å². The van der Waals surface area contributed by atoms with E-state index in [0.717, 1.165) is 42.4 Å². The fourth-order valence-corrected chi connectivity index (χ4v) is 5.81. The van der Waals surface area contributed by atoms with Crippen LogP contribution in [-0.2, 0) is 9.47 Å². The first kappa shape index (κ1) is 36.6. The van der Waals surface area contributed by atoms with E-state index in [1.807, 2.05) is 32.0 Å². The number of hydrogen-bond donors (Lipinski definition) is 1. The van der Waals surface area contributed by atoms with Gasteiger partial charge in [0.15, 0.2) is 11.3 Å². The monoisotopic (exact) mass is 666 g/mol. The number of carbonyl (C=O) groups is 2. The van der Waals surface area contributed by atoms with Crippen LogP contribution in [0.4, 0.5) is 23.4 Å². The van der Waals surface area contributed by atoms with Crippen molar-refractivity contribution in [2.75, 3.05) is 46.0 Å². The minimum absolute atomic E-state index is 0. The zero-order chi connectivity index (χ0) is 33.1. The van der Waals surface area contributed by atoms with Crippen LogP contribution >= 0.6 is 0 Å². The van der Waals surface area contributed by atoms with Gasteiger partial charge in [-0.1, -0.05) is 0 Å². The molecule has 0 aliphatic carbocycles. The van der Waals surface area contributed by atoms with Gasteiger partial charge in [-0.3, -0.25) is 13.8 Å². The quantitative estimate of drug-likeness (QED) is 0.295. The van der Waals surface area contributed by atoms with Crippen LogP contribution in [0.5, 0.6) is 6.01 Å². The number of likely N-dealkylation sites (tertiary alicyclic amines) is 2. The van der Waals surface area contributed by atoms with E-state index in [-0.39, 0.29) is 34.7 Å². The van der Waals surface area contributed by atoms with Crippen molar-refractivity contribution in [3.05, 3.63) is 47.1 Å². The largest absolute Gasteiger partial charge is 0.465 e. The lowest BCUT2D eigenvalue weighted by molar-refractivity contribution is 0.0915. The Kier molecular flexibility index (Phi) is 13.8. The number of nitrogens with one attached hydrogen (secondary N) is 1. The highest BCUT2D eigenvalue weighted by Gasteiger charge is 2.29. The van der Waals surface area contributed by atoms with Crippen LogP contribution < -0.4 is 10.4 Å². The summed E-state index contributed by atoms with van der Waals surface area (Å²) in [5.74, 6) is 0. The Bertz CT molecular complexity index is 1630. The summed E-state index contributed by atoms with van der Waals surface area (Å²) in [4.78, 5) is 55.2. The minimum Gasteiger partial charge on any atom is -0.465 e. The molecule has 0 saturated carbocycles. The molecule has 6 rings (SSSR count). The summed E-state index contributed by atoms with van der Waals surface area (Å²) in [5, 5.41) is 0. The lowest BCUT2D eigenvalue weighted by Gasteiger charge is -2.32. The Hall–Kier alpha value is -4.83. The zero-order valence-corrected chi connectivity index (χ0v) is 26.6. The van der Waals surface area contributed by atoms with Crippen molar-refractivity contribution in [2.45, 2.75) is 58.5 Å². The van der Waals surface area contributed by atoms with Gasteiger partial charge in [0.1, 0.15) is 5.52 Å². The molecule has 17 heteroatoms. The average molecular weight is 667 g/mol. The van der Waals surface area contributed by atoms with E-state index in [1.54, 1.807) is 39.8 Å². The summed E-state index contributed by atoms with van der Waals surface area (Å²) >= 11 is 0. The van der Waals surface area contributed by atoms with Gasteiger partial charge in [-0.2, -0.15) is 4.98 Å². The maximum atomic E-state index is 12.1. The number of H-pyrrole nitrogens is 1. The number of nitrogens with zero attached hydrogens (tertiary/aromatic N) is 7. The maximum absolute atomic E-state index is 12.1. The van der Waals surface area contributed by atoms with E-state index >= 15 is 0 Å². The number of fused-ring (bicyclic) bond motifs is 2. The zero-order valence-electron chi connectivity index (χ0n) is 26.6. The molecule has 4 aromatic rings. The molecule has 2 aliphatic heterocycles. The highest BCUT2D eigenvalue weighted by molar-refractivity contribution is 5.72. The van der Waals surface area contributed by atoms with E-state index in [2.05, 4.69) is 24.5 Å². The maximum Gasteiger partial charge on any atom is 0.409 e. The Morgan fingerprint density at radius 3 is 1.85 bits per heavy atom. The lowest BCUT2D eigenvalue weighted by Crippen LogP contribution is -2.40. The number of rotatable bonds is 6. The van der Waals surface area contributed by atoms with Gasteiger partial charge < -0.3 is 29.0 Å². The average Bonchev–Trinajstić information content (AvgIpc) is 3.63. The van der Waals surface area contributed by atoms with Gasteiger partial charge in [-0.15, -0.1) is 0 Å². The predicted octanol–water partition coefficient (Wildman–Crippen LogP) is 5.13. The molecule has 6 heterocycles. The second kappa shape index (κ2) is 17.8. The normalized spacial score (nSPS) is 15.2. The molecule has 0 atom stereocenters. The number of amides is 2. The van der Waals surface area contributed by atoms with E-state index < -0.39 is 0 Å². The summed E-state index contributed by atoms with van der Waals surface area (Å²) < 4.78 is 35.5. The van der Waals surface area contributed by atoms with Gasteiger partial charge in [0.05, 0.1) is 25.3 Å². The molecule has 0 spiro atoms. The second-order valence-electron chi connectivity index (χ2n) is 10.6. The van der Waals surface area contributed by atoms with Gasteiger partial charge in [0.2, 0.25) is 0 Å². The topological polar surface area (TPSA) is 150 Å². The number of halogens is 3. The summed E-state index contributed by atoms with van der Waals surface area (Å²) in [6.45, 7) is 9.43. The van der Waals surface area contributed by atoms with Gasteiger partial charge in [-0.25, -0.2) is 24.4 Å². The molecular weight excluding hydrogens is 625 g/mol.